The van der Waals surface area contributed by atoms with E-state index in [0.717, 1.165) is 27.1 Å². The molecule has 0 atom stereocenters. The average Bonchev–Trinajstić information content (AvgIpc) is 2.92. The maximum atomic E-state index is 10.7. The minimum Gasteiger partial charge on any atom is -0.318 e. The predicted octanol–water partition coefficient (Wildman–Crippen LogP) is 4.91. The number of aryl methyl sites for hydroxylation is 2. The Labute approximate surface area is 165 Å². The first-order valence-electron chi connectivity index (χ1n) is 8.22. The van der Waals surface area contributed by atoms with Gasteiger partial charge in [0, 0.05) is 33.2 Å². The van der Waals surface area contributed by atoms with Crippen molar-refractivity contribution in [3.05, 3.63) is 79.7 Å². The smallest absolute Gasteiger partial charge is 0.287 e. The first-order valence-corrected chi connectivity index (χ1v) is 9.01. The summed E-state index contributed by atoms with van der Waals surface area (Å²) in [4.78, 5) is 14.1. The van der Waals surface area contributed by atoms with Crippen LogP contribution in [0.2, 0.25) is 0 Å². The van der Waals surface area contributed by atoms with E-state index in [1.165, 1.54) is 23.9 Å². The normalized spacial score (nSPS) is 11.1. The Balaban J connectivity index is 1.80. The monoisotopic (exact) mass is 427 g/mol. The van der Waals surface area contributed by atoms with Gasteiger partial charge in [-0.3, -0.25) is 15.5 Å². The van der Waals surface area contributed by atoms with Crippen molar-refractivity contribution < 1.29 is 4.92 Å². The van der Waals surface area contributed by atoms with Crippen molar-refractivity contribution in [2.24, 2.45) is 5.10 Å². The van der Waals surface area contributed by atoms with E-state index in [0.29, 0.717) is 5.82 Å². The van der Waals surface area contributed by atoms with E-state index in [1.807, 2.05) is 19.9 Å². The molecule has 0 fully saturated rings. The molecule has 27 heavy (non-hydrogen) atoms. The Morgan fingerprint density at radius 3 is 2.63 bits per heavy atom. The van der Waals surface area contributed by atoms with Gasteiger partial charge >= 0.3 is 0 Å². The quantitative estimate of drug-likeness (QED) is 0.355. The van der Waals surface area contributed by atoms with Crippen LogP contribution in [0.4, 0.5) is 11.5 Å². The van der Waals surface area contributed by atoms with Crippen LogP contribution >= 0.6 is 15.9 Å². The lowest BCUT2D eigenvalue weighted by molar-refractivity contribution is -0.385. The van der Waals surface area contributed by atoms with Crippen LogP contribution in [0.5, 0.6) is 0 Å². The molecule has 3 rings (SSSR count). The molecule has 2 heterocycles. The van der Waals surface area contributed by atoms with Gasteiger partial charge in [-0.15, -0.1) is 0 Å². The molecule has 0 aliphatic heterocycles. The van der Waals surface area contributed by atoms with E-state index < -0.39 is 4.92 Å². The molecular weight excluding hydrogens is 410 g/mol. The van der Waals surface area contributed by atoms with Crippen molar-refractivity contribution in [1.29, 1.82) is 0 Å². The maximum Gasteiger partial charge on any atom is 0.287 e. The number of aromatic nitrogens is 2. The molecule has 0 aliphatic rings. The molecule has 0 aliphatic carbocycles. The molecule has 0 saturated heterocycles. The van der Waals surface area contributed by atoms with E-state index in [-0.39, 0.29) is 5.69 Å². The predicted molar refractivity (Wildman–Crippen MR) is 110 cm³/mol. The standard InChI is InChI=1S/C19H18BrN5O2/c1-12-8-16(4-6-18(12)20)24-13(2)9-15(14(24)3)10-22-23-19-7-5-17(11-21-19)25(26)27/h4-11H,1-3H3,(H,21,23)/b22-10+. The highest BCUT2D eigenvalue weighted by Crippen LogP contribution is 2.24. The summed E-state index contributed by atoms with van der Waals surface area (Å²) in [5, 5.41) is 14.8. The first kappa shape index (κ1) is 18.8. The third-order valence-corrected chi connectivity index (χ3v) is 5.10. The minimum absolute atomic E-state index is 0.0575. The summed E-state index contributed by atoms with van der Waals surface area (Å²) in [5.41, 5.74) is 8.14. The van der Waals surface area contributed by atoms with Gasteiger partial charge in [-0.05, 0) is 56.7 Å². The Kier molecular flexibility index (Phi) is 5.36. The highest BCUT2D eigenvalue weighted by molar-refractivity contribution is 9.10. The molecule has 3 aromatic rings. The molecule has 7 nitrogen and oxygen atoms in total. The van der Waals surface area contributed by atoms with Crippen molar-refractivity contribution in [1.82, 2.24) is 9.55 Å². The number of anilines is 1. The topological polar surface area (TPSA) is 85.3 Å². The van der Waals surface area contributed by atoms with Crippen LogP contribution in [0, 0.1) is 30.9 Å². The lowest BCUT2D eigenvalue weighted by Gasteiger charge is -2.11. The van der Waals surface area contributed by atoms with Crippen LogP contribution in [-0.2, 0) is 0 Å². The zero-order valence-corrected chi connectivity index (χ0v) is 16.7. The van der Waals surface area contributed by atoms with Crippen LogP contribution in [-0.4, -0.2) is 20.7 Å². The van der Waals surface area contributed by atoms with E-state index in [9.17, 15) is 10.1 Å². The van der Waals surface area contributed by atoms with Gasteiger partial charge in [-0.1, -0.05) is 15.9 Å². The lowest BCUT2D eigenvalue weighted by atomic mass is 10.2. The molecule has 0 spiro atoms. The molecule has 0 saturated carbocycles. The van der Waals surface area contributed by atoms with Gasteiger partial charge in [0.2, 0.25) is 0 Å². The largest absolute Gasteiger partial charge is 0.318 e. The SMILES string of the molecule is Cc1cc(-n2c(C)cc(/C=N/Nc3ccc([N+](=O)[O-])cn3)c2C)ccc1Br. The van der Waals surface area contributed by atoms with Crippen molar-refractivity contribution in [2.45, 2.75) is 20.8 Å². The summed E-state index contributed by atoms with van der Waals surface area (Å²) >= 11 is 3.53. The second kappa shape index (κ2) is 7.71. The number of nitro groups is 1. The van der Waals surface area contributed by atoms with Gasteiger partial charge in [0.1, 0.15) is 12.0 Å². The van der Waals surface area contributed by atoms with Gasteiger partial charge in [-0.25, -0.2) is 4.98 Å². The average molecular weight is 428 g/mol. The second-order valence-corrected chi connectivity index (χ2v) is 6.98. The Bertz CT molecular complexity index is 1030. The van der Waals surface area contributed by atoms with Crippen LogP contribution < -0.4 is 5.43 Å². The molecule has 0 radical (unpaired) electrons. The van der Waals surface area contributed by atoms with Gasteiger partial charge < -0.3 is 4.57 Å². The fraction of sp³-hybridized carbons (Fsp3) is 0.158. The third kappa shape index (κ3) is 4.06. The van der Waals surface area contributed by atoms with Gasteiger partial charge in [0.15, 0.2) is 0 Å². The molecule has 0 amide bonds. The zero-order chi connectivity index (χ0) is 19.6. The molecule has 8 heteroatoms. The zero-order valence-electron chi connectivity index (χ0n) is 15.1. The van der Waals surface area contributed by atoms with Gasteiger partial charge in [0.25, 0.3) is 5.69 Å². The summed E-state index contributed by atoms with van der Waals surface area (Å²) in [6.07, 6.45) is 2.91. The second-order valence-electron chi connectivity index (χ2n) is 6.12. The lowest BCUT2D eigenvalue weighted by Crippen LogP contribution is -2.00. The number of nitrogens with one attached hydrogen (secondary N) is 1. The first-order chi connectivity index (χ1) is 12.9. The van der Waals surface area contributed by atoms with Crippen molar-refractivity contribution in [3.8, 4) is 5.69 Å². The minimum atomic E-state index is -0.487. The highest BCUT2D eigenvalue weighted by Gasteiger charge is 2.10. The Hall–Kier alpha value is -3.00. The maximum absolute atomic E-state index is 10.7. The molecule has 0 bridgehead atoms. The van der Waals surface area contributed by atoms with E-state index in [4.69, 9.17) is 0 Å². The van der Waals surface area contributed by atoms with Gasteiger partial charge in [-0.2, -0.15) is 5.10 Å². The van der Waals surface area contributed by atoms with E-state index >= 15 is 0 Å². The summed E-state index contributed by atoms with van der Waals surface area (Å²) < 4.78 is 3.25. The fourth-order valence-electron chi connectivity index (χ4n) is 2.81. The van der Waals surface area contributed by atoms with Crippen LogP contribution in [0.1, 0.15) is 22.5 Å². The van der Waals surface area contributed by atoms with E-state index in [1.54, 1.807) is 6.21 Å². The molecule has 0 unspecified atom stereocenters. The van der Waals surface area contributed by atoms with Crippen molar-refractivity contribution >= 4 is 33.6 Å². The molecule has 2 aromatic heterocycles. The summed E-state index contributed by atoms with van der Waals surface area (Å²) in [6, 6.07) is 11.2. The number of halogens is 1. The summed E-state index contributed by atoms with van der Waals surface area (Å²) in [7, 11) is 0. The number of benzene rings is 1. The number of nitrogens with zero attached hydrogens (tertiary/aromatic N) is 4. The molecule has 138 valence electrons. The number of rotatable bonds is 5. The number of hydrogen-bond acceptors (Lipinski definition) is 5. The molecule has 1 aromatic carbocycles. The molecule has 1 N–H and O–H groups in total. The van der Waals surface area contributed by atoms with E-state index in [2.05, 4.69) is 61.1 Å². The Morgan fingerprint density at radius 2 is 2.00 bits per heavy atom. The van der Waals surface area contributed by atoms with Crippen LogP contribution in [0.25, 0.3) is 5.69 Å². The summed E-state index contributed by atoms with van der Waals surface area (Å²) in [6.45, 7) is 6.15. The highest BCUT2D eigenvalue weighted by atomic mass is 79.9. The molecular formula is C19H18BrN5O2. The van der Waals surface area contributed by atoms with Gasteiger partial charge in [0.05, 0.1) is 11.1 Å². The van der Waals surface area contributed by atoms with Crippen LogP contribution in [0.3, 0.4) is 0 Å². The fourth-order valence-corrected chi connectivity index (χ4v) is 3.06. The number of hydrogen-bond donors (Lipinski definition) is 1. The summed E-state index contributed by atoms with van der Waals surface area (Å²) in [5.74, 6) is 0.439. The number of pyridine rings is 1. The number of hydrazone groups is 1. The van der Waals surface area contributed by atoms with Crippen molar-refractivity contribution in [2.75, 3.05) is 5.43 Å². The third-order valence-electron chi connectivity index (χ3n) is 4.21. The van der Waals surface area contributed by atoms with Crippen LogP contribution in [0.15, 0.2) is 52.2 Å². The Morgan fingerprint density at radius 1 is 1.22 bits per heavy atom. The van der Waals surface area contributed by atoms with Crippen molar-refractivity contribution in [3.63, 3.8) is 0 Å².